The summed E-state index contributed by atoms with van der Waals surface area (Å²) in [4.78, 5) is 23.2. The number of phosphoric acid groups is 1. The predicted octanol–water partition coefficient (Wildman–Crippen LogP) is 13.2. The molecule has 0 aliphatic heterocycles. The van der Waals surface area contributed by atoms with Crippen molar-refractivity contribution in [3.05, 3.63) is 60.8 Å². The molecule has 0 aliphatic rings. The van der Waals surface area contributed by atoms with Gasteiger partial charge >= 0.3 is 7.82 Å². The van der Waals surface area contributed by atoms with Gasteiger partial charge in [0.25, 0.3) is 0 Å². The number of nitrogens with zero attached hydrogens (tertiary/aromatic N) is 1. The van der Waals surface area contributed by atoms with E-state index < -0.39 is 32.7 Å². The van der Waals surface area contributed by atoms with Gasteiger partial charge in [0.1, 0.15) is 19.3 Å². The lowest BCUT2D eigenvalue weighted by molar-refractivity contribution is -0.870. The van der Waals surface area contributed by atoms with Gasteiger partial charge in [-0.15, -0.1) is 0 Å². The molecule has 4 unspecified atom stereocenters. The topological polar surface area (TPSA) is 125 Å². The van der Waals surface area contributed by atoms with Gasteiger partial charge in [-0.2, -0.15) is 0 Å². The van der Waals surface area contributed by atoms with Crippen LogP contribution < -0.4 is 5.32 Å². The van der Waals surface area contributed by atoms with Crippen molar-refractivity contribution in [2.75, 3.05) is 40.9 Å². The molecule has 0 aromatic rings. The summed E-state index contributed by atoms with van der Waals surface area (Å²) < 4.78 is 23.5. The molecule has 0 aromatic carbocycles. The number of phosphoric ester groups is 1. The Morgan fingerprint density at radius 1 is 0.590 bits per heavy atom. The normalized spacial score (nSPS) is 15.2. The quantitative estimate of drug-likeness (QED) is 0.0208. The number of likely N-dealkylation sites (N-methyl/N-ethyl adjacent to an activating group) is 1. The molecule has 0 radical (unpaired) electrons. The fourth-order valence-electron chi connectivity index (χ4n) is 6.93. The summed E-state index contributed by atoms with van der Waals surface area (Å²) in [6.07, 6.45) is 51.4. The van der Waals surface area contributed by atoms with Crippen molar-refractivity contribution in [2.24, 2.45) is 0 Å². The summed E-state index contributed by atoms with van der Waals surface area (Å²) in [5, 5.41) is 24.7. The van der Waals surface area contributed by atoms with E-state index in [1.54, 1.807) is 0 Å². The SMILES string of the molecule is CC/C=C\C/C=C\C/C=C\C/C=C\C/C=C\CCCCCCCCCCCC(=O)NC(COP(=O)(O)OCC[N+](C)(C)C)C(O)C(O)CCCCCCCCCCCCCC. The second kappa shape index (κ2) is 42.1. The van der Waals surface area contributed by atoms with Gasteiger partial charge in [0.2, 0.25) is 5.91 Å². The van der Waals surface area contributed by atoms with Crippen molar-refractivity contribution < 1.29 is 38.0 Å². The van der Waals surface area contributed by atoms with Crippen molar-refractivity contribution in [2.45, 2.75) is 218 Å². The first-order valence-electron chi connectivity index (χ1n) is 24.7. The van der Waals surface area contributed by atoms with Crippen LogP contribution in [-0.2, 0) is 18.4 Å². The van der Waals surface area contributed by atoms with Crippen LogP contribution in [-0.4, -0.2) is 84.6 Å². The summed E-state index contributed by atoms with van der Waals surface area (Å²) in [6.45, 7) is 4.48. The summed E-state index contributed by atoms with van der Waals surface area (Å²) in [5.74, 6) is -0.267. The number of nitrogens with one attached hydrogen (secondary N) is 1. The molecular formula is C51H96N2O7P+. The standard InChI is InChI=1S/C51H95N2O7P/c1-6-8-10-12-14-16-18-20-21-22-23-24-25-26-27-28-29-30-31-32-34-36-38-40-42-44-50(55)52-48(47-60-61(57,58)59-46-45-53(3,4)5)51(56)49(54)43-41-39-37-35-33-19-17-15-13-11-9-7-2/h8,10,14,16,20-21,23-24,26-27,48-49,51,54,56H,6-7,9,11-13,15,17-19,22,25,28-47H2,1-5H3,(H-,52,55,57,58)/p+1/b10-8-,16-14-,21-20-,24-23-,27-26-. The van der Waals surface area contributed by atoms with E-state index in [0.29, 0.717) is 17.4 Å². The van der Waals surface area contributed by atoms with Crippen LogP contribution in [0.25, 0.3) is 0 Å². The van der Waals surface area contributed by atoms with E-state index in [0.717, 1.165) is 83.5 Å². The first kappa shape index (κ1) is 59.2. The second-order valence-corrected chi connectivity index (χ2v) is 19.4. The van der Waals surface area contributed by atoms with Crippen LogP contribution in [0, 0.1) is 0 Å². The highest BCUT2D eigenvalue weighted by atomic mass is 31.2. The smallest absolute Gasteiger partial charge is 0.390 e. The molecule has 0 heterocycles. The predicted molar refractivity (Wildman–Crippen MR) is 260 cm³/mol. The van der Waals surface area contributed by atoms with Crippen molar-refractivity contribution in [3.8, 4) is 0 Å². The summed E-state index contributed by atoms with van der Waals surface area (Å²) in [6, 6.07) is -1.04. The zero-order valence-electron chi connectivity index (χ0n) is 40.0. The van der Waals surface area contributed by atoms with Crippen LogP contribution in [0.15, 0.2) is 60.8 Å². The van der Waals surface area contributed by atoms with Crippen LogP contribution >= 0.6 is 7.82 Å². The van der Waals surface area contributed by atoms with Crippen LogP contribution in [0.4, 0.5) is 0 Å². The molecule has 4 N–H and O–H groups in total. The molecule has 0 rings (SSSR count). The maximum Gasteiger partial charge on any atom is 0.472 e. The Balaban J connectivity index is 4.35. The number of hydrogen-bond acceptors (Lipinski definition) is 6. The van der Waals surface area contributed by atoms with Gasteiger partial charge in [-0.1, -0.05) is 197 Å². The molecule has 0 spiro atoms. The summed E-state index contributed by atoms with van der Waals surface area (Å²) in [5.41, 5.74) is 0. The molecule has 0 fully saturated rings. The number of amides is 1. The van der Waals surface area contributed by atoms with Crippen LogP contribution in [0.3, 0.4) is 0 Å². The molecule has 0 saturated heterocycles. The van der Waals surface area contributed by atoms with Gasteiger partial charge in [-0.3, -0.25) is 13.8 Å². The van der Waals surface area contributed by atoms with Crippen LogP contribution in [0.5, 0.6) is 0 Å². The number of hydrogen-bond donors (Lipinski definition) is 4. The number of allylic oxidation sites excluding steroid dienone is 10. The van der Waals surface area contributed by atoms with Gasteiger partial charge in [0.15, 0.2) is 0 Å². The highest BCUT2D eigenvalue weighted by Gasteiger charge is 2.31. The molecule has 356 valence electrons. The molecule has 9 nitrogen and oxygen atoms in total. The maximum absolute atomic E-state index is 13.0. The maximum atomic E-state index is 13.0. The van der Waals surface area contributed by atoms with E-state index in [9.17, 15) is 24.5 Å². The van der Waals surface area contributed by atoms with Gasteiger partial charge in [-0.05, 0) is 57.8 Å². The minimum absolute atomic E-state index is 0.0181. The monoisotopic (exact) mass is 880 g/mol. The van der Waals surface area contributed by atoms with E-state index in [1.165, 1.54) is 89.9 Å². The Morgan fingerprint density at radius 2 is 1.02 bits per heavy atom. The first-order valence-corrected chi connectivity index (χ1v) is 26.2. The highest BCUT2D eigenvalue weighted by molar-refractivity contribution is 7.47. The average molecular weight is 880 g/mol. The third-order valence-corrected chi connectivity index (χ3v) is 11.9. The van der Waals surface area contributed by atoms with Crippen molar-refractivity contribution in [1.29, 1.82) is 0 Å². The molecule has 4 atom stereocenters. The summed E-state index contributed by atoms with van der Waals surface area (Å²) >= 11 is 0. The van der Waals surface area contributed by atoms with Gasteiger partial charge in [0.05, 0.1) is 39.9 Å². The number of rotatable bonds is 44. The molecule has 10 heteroatoms. The van der Waals surface area contributed by atoms with Crippen molar-refractivity contribution in [1.82, 2.24) is 5.32 Å². The van der Waals surface area contributed by atoms with E-state index in [4.69, 9.17) is 9.05 Å². The van der Waals surface area contributed by atoms with Crippen LogP contribution in [0.1, 0.15) is 200 Å². The molecule has 0 aliphatic carbocycles. The fourth-order valence-corrected chi connectivity index (χ4v) is 7.67. The molecule has 0 saturated carbocycles. The Hall–Kier alpha value is -1.84. The third-order valence-electron chi connectivity index (χ3n) is 10.9. The van der Waals surface area contributed by atoms with E-state index in [1.807, 2.05) is 21.1 Å². The van der Waals surface area contributed by atoms with Crippen molar-refractivity contribution in [3.63, 3.8) is 0 Å². The largest absolute Gasteiger partial charge is 0.472 e. The minimum Gasteiger partial charge on any atom is -0.390 e. The van der Waals surface area contributed by atoms with E-state index in [2.05, 4.69) is 79.9 Å². The Kier molecular flexibility index (Phi) is 40.9. The number of quaternary nitrogens is 1. The molecule has 61 heavy (non-hydrogen) atoms. The van der Waals surface area contributed by atoms with Gasteiger partial charge < -0.3 is 24.9 Å². The number of carbonyl (C=O) groups is 1. The Morgan fingerprint density at radius 3 is 1.49 bits per heavy atom. The highest BCUT2D eigenvalue weighted by Crippen LogP contribution is 2.43. The lowest BCUT2D eigenvalue weighted by Crippen LogP contribution is -2.51. The number of aliphatic hydroxyl groups is 2. The Bertz CT molecular complexity index is 1200. The molecule has 0 aromatic heterocycles. The zero-order valence-corrected chi connectivity index (χ0v) is 40.9. The van der Waals surface area contributed by atoms with Crippen LogP contribution in [0.2, 0.25) is 0 Å². The second-order valence-electron chi connectivity index (χ2n) is 17.9. The fraction of sp³-hybridized carbons (Fsp3) is 0.784. The lowest BCUT2D eigenvalue weighted by Gasteiger charge is -2.28. The number of aliphatic hydroxyl groups excluding tert-OH is 2. The van der Waals surface area contributed by atoms with Gasteiger partial charge in [-0.25, -0.2) is 4.57 Å². The number of unbranched alkanes of at least 4 members (excludes halogenated alkanes) is 20. The molecule has 1 amide bonds. The first-order chi connectivity index (χ1) is 29.4. The zero-order chi connectivity index (χ0) is 45.1. The summed E-state index contributed by atoms with van der Waals surface area (Å²) in [7, 11) is 1.42. The van der Waals surface area contributed by atoms with Gasteiger partial charge in [0, 0.05) is 6.42 Å². The van der Waals surface area contributed by atoms with Crippen molar-refractivity contribution >= 4 is 13.7 Å². The molecule has 0 bridgehead atoms. The Labute approximate surface area is 375 Å². The minimum atomic E-state index is -4.42. The number of carbonyl (C=O) groups excluding carboxylic acids is 1. The third kappa shape index (κ3) is 43.2. The average Bonchev–Trinajstić information content (AvgIpc) is 3.21. The molecular weight excluding hydrogens is 784 g/mol. The lowest BCUT2D eigenvalue weighted by atomic mass is 9.99. The van der Waals surface area contributed by atoms with E-state index >= 15 is 0 Å². The van der Waals surface area contributed by atoms with E-state index in [-0.39, 0.29) is 18.9 Å².